The molecule has 3 nitrogen and oxygen atoms in total. The summed E-state index contributed by atoms with van der Waals surface area (Å²) in [6, 6.07) is 1.52. The van der Waals surface area contributed by atoms with E-state index in [2.05, 4.69) is 0 Å². The Bertz CT molecular complexity index is 440. The Balaban J connectivity index is 2.09. The van der Waals surface area contributed by atoms with Crippen LogP contribution in [0.15, 0.2) is 11.4 Å². The van der Waals surface area contributed by atoms with Gasteiger partial charge >= 0.3 is 12.1 Å². The second-order valence-corrected chi connectivity index (χ2v) is 5.25. The lowest BCUT2D eigenvalue weighted by Crippen LogP contribution is -2.35. The number of carbonyl (C=O) groups is 1. The molecule has 18 heavy (non-hydrogen) atoms. The summed E-state index contributed by atoms with van der Waals surface area (Å²) in [5.74, 6) is -1.08. The maximum Gasteiger partial charge on any atom is 0.401 e. The first-order chi connectivity index (χ1) is 8.37. The molecule has 0 amide bonds. The third kappa shape index (κ3) is 3.46. The quantitative estimate of drug-likeness (QED) is 0.900. The van der Waals surface area contributed by atoms with Gasteiger partial charge in [-0.1, -0.05) is 0 Å². The number of rotatable bonds is 5. The van der Waals surface area contributed by atoms with Gasteiger partial charge in [-0.05, 0) is 29.9 Å². The van der Waals surface area contributed by atoms with Gasteiger partial charge in [-0.3, -0.25) is 4.90 Å². The molecular weight excluding hydrogens is 267 g/mol. The Labute approximate surface area is 106 Å². The molecule has 1 aromatic heterocycles. The van der Waals surface area contributed by atoms with Crippen molar-refractivity contribution in [1.29, 1.82) is 0 Å². The van der Waals surface area contributed by atoms with Crippen molar-refractivity contribution in [2.75, 3.05) is 6.54 Å². The zero-order valence-electron chi connectivity index (χ0n) is 9.41. The van der Waals surface area contributed by atoms with Crippen LogP contribution in [0.2, 0.25) is 0 Å². The number of aromatic carboxylic acids is 1. The van der Waals surface area contributed by atoms with Crippen LogP contribution in [0.3, 0.4) is 0 Å². The molecule has 0 spiro atoms. The summed E-state index contributed by atoms with van der Waals surface area (Å²) in [5, 5.41) is 10.5. The zero-order valence-corrected chi connectivity index (χ0v) is 10.2. The van der Waals surface area contributed by atoms with Crippen LogP contribution in [0.5, 0.6) is 0 Å². The van der Waals surface area contributed by atoms with Crippen molar-refractivity contribution in [3.8, 4) is 0 Å². The highest BCUT2D eigenvalue weighted by atomic mass is 32.1. The Morgan fingerprint density at radius 3 is 2.67 bits per heavy atom. The van der Waals surface area contributed by atoms with Crippen LogP contribution < -0.4 is 0 Å². The normalized spacial score (nSPS) is 16.2. The van der Waals surface area contributed by atoms with Crippen LogP contribution in [0.25, 0.3) is 0 Å². The van der Waals surface area contributed by atoms with Gasteiger partial charge in [0.1, 0.15) is 4.88 Å². The van der Waals surface area contributed by atoms with E-state index in [4.69, 9.17) is 5.11 Å². The van der Waals surface area contributed by atoms with Gasteiger partial charge in [-0.2, -0.15) is 13.2 Å². The maximum absolute atomic E-state index is 12.4. The number of thiophene rings is 1. The lowest BCUT2D eigenvalue weighted by atomic mass is 10.2. The first kappa shape index (κ1) is 13.4. The van der Waals surface area contributed by atoms with Crippen molar-refractivity contribution in [2.45, 2.75) is 31.6 Å². The van der Waals surface area contributed by atoms with Gasteiger partial charge in [0, 0.05) is 12.6 Å². The first-order valence-corrected chi connectivity index (χ1v) is 6.35. The second-order valence-electron chi connectivity index (χ2n) is 4.33. The van der Waals surface area contributed by atoms with Gasteiger partial charge < -0.3 is 5.11 Å². The molecule has 1 aromatic rings. The Morgan fingerprint density at radius 2 is 2.17 bits per heavy atom. The highest BCUT2D eigenvalue weighted by Gasteiger charge is 2.38. The van der Waals surface area contributed by atoms with Crippen molar-refractivity contribution in [2.24, 2.45) is 0 Å². The Morgan fingerprint density at radius 1 is 1.50 bits per heavy atom. The molecule has 1 aliphatic carbocycles. The number of halogens is 3. The van der Waals surface area contributed by atoms with E-state index in [0.29, 0.717) is 5.56 Å². The molecule has 0 unspecified atom stereocenters. The molecule has 2 rings (SSSR count). The largest absolute Gasteiger partial charge is 0.477 e. The van der Waals surface area contributed by atoms with Gasteiger partial charge in [-0.15, -0.1) is 11.3 Å². The number of alkyl halides is 3. The van der Waals surface area contributed by atoms with Gasteiger partial charge in [0.25, 0.3) is 0 Å². The number of hydrogen-bond donors (Lipinski definition) is 1. The fraction of sp³-hybridized carbons (Fsp3) is 0.545. The SMILES string of the molecule is O=C(O)c1sccc1CN(CC(F)(F)F)C1CC1. The molecule has 1 fully saturated rings. The summed E-state index contributed by atoms with van der Waals surface area (Å²) in [6.45, 7) is -0.929. The first-order valence-electron chi connectivity index (χ1n) is 5.47. The predicted octanol–water partition coefficient (Wildman–Crippen LogP) is 2.97. The molecule has 1 heterocycles. The number of nitrogens with zero attached hydrogens (tertiary/aromatic N) is 1. The molecule has 0 aliphatic heterocycles. The van der Waals surface area contributed by atoms with Crippen LogP contribution in [-0.2, 0) is 6.54 Å². The smallest absolute Gasteiger partial charge is 0.401 e. The van der Waals surface area contributed by atoms with Crippen molar-refractivity contribution < 1.29 is 23.1 Å². The summed E-state index contributed by atoms with van der Waals surface area (Å²) >= 11 is 1.04. The van der Waals surface area contributed by atoms with Gasteiger partial charge in [0.2, 0.25) is 0 Å². The van der Waals surface area contributed by atoms with E-state index in [-0.39, 0.29) is 17.5 Å². The van der Waals surface area contributed by atoms with E-state index < -0.39 is 18.7 Å². The molecular formula is C11H12F3NO2S. The number of carboxylic acids is 1. The highest BCUT2D eigenvalue weighted by Crippen LogP contribution is 2.32. The fourth-order valence-electron chi connectivity index (χ4n) is 1.85. The fourth-order valence-corrected chi connectivity index (χ4v) is 2.60. The molecule has 0 bridgehead atoms. The molecule has 0 saturated heterocycles. The molecule has 0 radical (unpaired) electrons. The van der Waals surface area contributed by atoms with E-state index in [1.54, 1.807) is 11.4 Å². The van der Waals surface area contributed by atoms with Gasteiger partial charge in [0.05, 0.1) is 6.54 Å². The van der Waals surface area contributed by atoms with Crippen molar-refractivity contribution in [3.63, 3.8) is 0 Å². The lowest BCUT2D eigenvalue weighted by Gasteiger charge is -2.23. The second kappa shape index (κ2) is 4.89. The molecule has 1 saturated carbocycles. The molecule has 0 atom stereocenters. The van der Waals surface area contributed by atoms with Crippen LogP contribution in [0.1, 0.15) is 28.1 Å². The van der Waals surface area contributed by atoms with E-state index in [0.717, 1.165) is 24.2 Å². The standard InChI is InChI=1S/C11H12F3NO2S/c12-11(13,14)6-15(8-1-2-8)5-7-3-4-18-9(7)10(16)17/h3-4,8H,1-2,5-6H2,(H,16,17). The van der Waals surface area contributed by atoms with Crippen molar-refractivity contribution in [1.82, 2.24) is 4.90 Å². The molecule has 1 N–H and O–H groups in total. The third-order valence-corrected chi connectivity index (χ3v) is 3.70. The average Bonchev–Trinajstić information content (AvgIpc) is 2.96. The van der Waals surface area contributed by atoms with Crippen LogP contribution >= 0.6 is 11.3 Å². The summed E-state index contributed by atoms with van der Waals surface area (Å²) in [4.78, 5) is 12.3. The van der Waals surface area contributed by atoms with E-state index >= 15 is 0 Å². The average molecular weight is 279 g/mol. The molecule has 7 heteroatoms. The van der Waals surface area contributed by atoms with Crippen molar-refractivity contribution >= 4 is 17.3 Å². The minimum absolute atomic E-state index is 0.0509. The number of carboxylic acid groups (broad SMARTS) is 1. The topological polar surface area (TPSA) is 40.5 Å². The Kier molecular flexibility index (Phi) is 3.63. The Hall–Kier alpha value is -1.08. The predicted molar refractivity (Wildman–Crippen MR) is 60.8 cm³/mol. The minimum Gasteiger partial charge on any atom is -0.477 e. The monoisotopic (exact) mass is 279 g/mol. The summed E-state index contributed by atoms with van der Waals surface area (Å²) in [6.07, 6.45) is -2.74. The van der Waals surface area contributed by atoms with E-state index in [1.165, 1.54) is 4.90 Å². The van der Waals surface area contributed by atoms with Crippen LogP contribution in [-0.4, -0.2) is 34.7 Å². The molecule has 100 valence electrons. The summed E-state index contributed by atoms with van der Waals surface area (Å²) in [7, 11) is 0. The minimum atomic E-state index is -4.25. The molecule has 0 aromatic carbocycles. The zero-order chi connectivity index (χ0) is 13.3. The number of hydrogen-bond acceptors (Lipinski definition) is 3. The van der Waals surface area contributed by atoms with Crippen LogP contribution in [0.4, 0.5) is 13.2 Å². The maximum atomic E-state index is 12.4. The highest BCUT2D eigenvalue weighted by molar-refractivity contribution is 7.12. The van der Waals surface area contributed by atoms with E-state index in [9.17, 15) is 18.0 Å². The summed E-state index contributed by atoms with van der Waals surface area (Å²) in [5.41, 5.74) is 0.462. The third-order valence-electron chi connectivity index (χ3n) is 2.76. The van der Waals surface area contributed by atoms with Crippen LogP contribution in [0, 0.1) is 0 Å². The van der Waals surface area contributed by atoms with Crippen molar-refractivity contribution in [3.05, 3.63) is 21.9 Å². The molecule has 1 aliphatic rings. The summed E-state index contributed by atoms with van der Waals surface area (Å²) < 4.78 is 37.3. The van der Waals surface area contributed by atoms with E-state index in [1.807, 2.05) is 0 Å². The lowest BCUT2D eigenvalue weighted by molar-refractivity contribution is -0.148. The van der Waals surface area contributed by atoms with Gasteiger partial charge in [-0.25, -0.2) is 4.79 Å². The van der Waals surface area contributed by atoms with Gasteiger partial charge in [0.15, 0.2) is 0 Å².